The number of hydrogen-bond acceptors (Lipinski definition) is 0. The first-order chi connectivity index (χ1) is 9.79. The van der Waals surface area contributed by atoms with Crippen LogP contribution in [0.2, 0.25) is 5.02 Å². The van der Waals surface area contributed by atoms with Gasteiger partial charge >= 0.3 is 0 Å². The Kier molecular flexibility index (Phi) is 9.29. The van der Waals surface area contributed by atoms with E-state index in [1.807, 2.05) is 97.1 Å². The van der Waals surface area contributed by atoms with E-state index in [2.05, 4.69) is 15.9 Å². The molecule has 3 rings (SSSR count). The quantitative estimate of drug-likeness (QED) is 0.437. The number of hydrogen-bond donors (Lipinski definition) is 0. The van der Waals surface area contributed by atoms with Gasteiger partial charge in [-0.3, -0.25) is 0 Å². The van der Waals surface area contributed by atoms with Crippen molar-refractivity contribution in [2.75, 3.05) is 0 Å². The van der Waals surface area contributed by atoms with Crippen molar-refractivity contribution >= 4 is 27.5 Å². The second kappa shape index (κ2) is 11.3. The van der Waals surface area contributed by atoms with Gasteiger partial charge in [-0.2, -0.15) is 0 Å². The molecule has 0 saturated carbocycles. The van der Waals surface area contributed by atoms with Gasteiger partial charge in [-0.25, -0.2) is 0 Å². The van der Waals surface area contributed by atoms with Crippen molar-refractivity contribution in [1.82, 2.24) is 0 Å². The molecular formula is C18H16BrCl. The van der Waals surface area contributed by atoms with Crippen molar-refractivity contribution < 1.29 is 0 Å². The third-order valence-electron chi connectivity index (χ3n) is 2.13. The zero-order valence-corrected chi connectivity index (χ0v) is 13.3. The molecule has 0 saturated heterocycles. The first kappa shape index (κ1) is 16.5. The Balaban J connectivity index is 0.000000151. The summed E-state index contributed by atoms with van der Waals surface area (Å²) in [6.07, 6.45) is 0. The first-order valence-corrected chi connectivity index (χ1v) is 7.37. The van der Waals surface area contributed by atoms with E-state index in [-0.39, 0.29) is 0 Å². The molecule has 0 aromatic heterocycles. The van der Waals surface area contributed by atoms with Crippen molar-refractivity contribution in [2.24, 2.45) is 0 Å². The predicted octanol–water partition coefficient (Wildman–Crippen LogP) is 6.48. The van der Waals surface area contributed by atoms with E-state index < -0.39 is 0 Å². The summed E-state index contributed by atoms with van der Waals surface area (Å²) in [5.74, 6) is 0. The lowest BCUT2D eigenvalue weighted by atomic mass is 10.4. The van der Waals surface area contributed by atoms with Gasteiger partial charge in [0.25, 0.3) is 0 Å². The van der Waals surface area contributed by atoms with Crippen molar-refractivity contribution in [1.29, 1.82) is 0 Å². The van der Waals surface area contributed by atoms with Gasteiger partial charge in [0.15, 0.2) is 0 Å². The molecule has 0 aliphatic heterocycles. The van der Waals surface area contributed by atoms with Crippen LogP contribution in [0.15, 0.2) is 102 Å². The minimum absolute atomic E-state index is 0.794. The predicted molar refractivity (Wildman–Crippen MR) is 92.0 cm³/mol. The summed E-state index contributed by atoms with van der Waals surface area (Å²) in [7, 11) is 0. The number of benzene rings is 3. The molecule has 3 aromatic rings. The van der Waals surface area contributed by atoms with Crippen LogP contribution in [-0.2, 0) is 0 Å². The van der Waals surface area contributed by atoms with Crippen molar-refractivity contribution in [3.63, 3.8) is 0 Å². The van der Waals surface area contributed by atoms with Gasteiger partial charge in [0.1, 0.15) is 0 Å². The number of halogens is 2. The molecule has 0 spiro atoms. The highest BCUT2D eigenvalue weighted by atomic mass is 79.9. The van der Waals surface area contributed by atoms with Crippen molar-refractivity contribution in [3.05, 3.63) is 107 Å². The fourth-order valence-corrected chi connectivity index (χ4v) is 1.66. The van der Waals surface area contributed by atoms with Crippen LogP contribution < -0.4 is 0 Å². The third-order valence-corrected chi connectivity index (χ3v) is 2.91. The lowest BCUT2D eigenvalue weighted by molar-refractivity contribution is 1.66. The monoisotopic (exact) mass is 346 g/mol. The highest BCUT2D eigenvalue weighted by Gasteiger charge is 1.75. The van der Waals surface area contributed by atoms with Gasteiger partial charge in [-0.1, -0.05) is 100 Å². The summed E-state index contributed by atoms with van der Waals surface area (Å²) in [5, 5.41) is 0.794. The van der Waals surface area contributed by atoms with Crippen LogP contribution in [0.1, 0.15) is 0 Å². The molecule has 20 heavy (non-hydrogen) atoms. The van der Waals surface area contributed by atoms with Crippen LogP contribution in [0.25, 0.3) is 0 Å². The number of rotatable bonds is 0. The molecule has 0 atom stereocenters. The molecule has 0 fully saturated rings. The van der Waals surface area contributed by atoms with Crippen molar-refractivity contribution in [2.45, 2.75) is 0 Å². The van der Waals surface area contributed by atoms with E-state index in [9.17, 15) is 0 Å². The molecular weight excluding hydrogens is 332 g/mol. The van der Waals surface area contributed by atoms with Gasteiger partial charge in [-0.05, 0) is 24.3 Å². The zero-order chi connectivity index (χ0) is 14.5. The zero-order valence-electron chi connectivity index (χ0n) is 11.0. The Morgan fingerprint density at radius 2 is 0.800 bits per heavy atom. The van der Waals surface area contributed by atoms with Crippen molar-refractivity contribution in [3.8, 4) is 0 Å². The Labute approximate surface area is 134 Å². The van der Waals surface area contributed by atoms with E-state index in [0.29, 0.717) is 0 Å². The van der Waals surface area contributed by atoms with E-state index in [1.54, 1.807) is 0 Å². The van der Waals surface area contributed by atoms with E-state index in [1.165, 1.54) is 0 Å². The maximum atomic E-state index is 5.54. The van der Waals surface area contributed by atoms with Crippen LogP contribution in [0.3, 0.4) is 0 Å². The first-order valence-electron chi connectivity index (χ1n) is 6.20. The molecule has 102 valence electrons. The summed E-state index contributed by atoms with van der Waals surface area (Å²) in [6.45, 7) is 0. The average molecular weight is 348 g/mol. The molecule has 0 bridgehead atoms. The molecule has 2 heteroatoms. The molecule has 0 amide bonds. The van der Waals surface area contributed by atoms with E-state index in [4.69, 9.17) is 11.6 Å². The van der Waals surface area contributed by atoms with Crippen LogP contribution in [0.5, 0.6) is 0 Å². The fourth-order valence-electron chi connectivity index (χ4n) is 1.21. The maximum Gasteiger partial charge on any atom is 0.0405 e. The Morgan fingerprint density at radius 3 is 1.00 bits per heavy atom. The van der Waals surface area contributed by atoms with Crippen LogP contribution >= 0.6 is 27.5 Å². The molecule has 0 heterocycles. The second-order valence-corrected chi connectivity index (χ2v) is 5.10. The summed E-state index contributed by atoms with van der Waals surface area (Å²) >= 11 is 8.85. The normalized spacial score (nSPS) is 8.50. The molecule has 0 radical (unpaired) electrons. The van der Waals surface area contributed by atoms with Crippen LogP contribution in [0, 0.1) is 0 Å². The van der Waals surface area contributed by atoms with Gasteiger partial charge < -0.3 is 0 Å². The average Bonchev–Trinajstić information content (AvgIpc) is 2.52. The van der Waals surface area contributed by atoms with Gasteiger partial charge in [0.2, 0.25) is 0 Å². The van der Waals surface area contributed by atoms with Gasteiger partial charge in [-0.15, -0.1) is 0 Å². The van der Waals surface area contributed by atoms with Gasteiger partial charge in [0, 0.05) is 9.50 Å². The Hall–Kier alpha value is -1.57. The molecule has 0 unspecified atom stereocenters. The largest absolute Gasteiger partial charge is 0.0843 e. The van der Waals surface area contributed by atoms with Crippen LogP contribution in [-0.4, -0.2) is 0 Å². The maximum absolute atomic E-state index is 5.54. The van der Waals surface area contributed by atoms with E-state index in [0.717, 1.165) is 9.50 Å². The highest BCUT2D eigenvalue weighted by molar-refractivity contribution is 9.10. The minimum Gasteiger partial charge on any atom is -0.0843 e. The Morgan fingerprint density at radius 1 is 0.500 bits per heavy atom. The third kappa shape index (κ3) is 9.37. The smallest absolute Gasteiger partial charge is 0.0405 e. The fraction of sp³-hybridized carbons (Fsp3) is 0. The summed E-state index contributed by atoms with van der Waals surface area (Å²) in [4.78, 5) is 0. The second-order valence-electron chi connectivity index (χ2n) is 3.75. The summed E-state index contributed by atoms with van der Waals surface area (Å²) in [5.41, 5.74) is 0. The SMILES string of the molecule is Brc1ccccc1.Clc1ccccc1.c1ccccc1. The van der Waals surface area contributed by atoms with E-state index >= 15 is 0 Å². The lowest BCUT2D eigenvalue weighted by Gasteiger charge is -1.80. The Bertz CT molecular complexity index is 474. The molecule has 0 N–H and O–H groups in total. The lowest BCUT2D eigenvalue weighted by Crippen LogP contribution is -1.55. The molecule has 0 aliphatic carbocycles. The topological polar surface area (TPSA) is 0 Å². The molecule has 0 nitrogen and oxygen atoms in total. The summed E-state index contributed by atoms with van der Waals surface area (Å²) < 4.78 is 1.13. The standard InChI is InChI=1S/C6H5Br.C6H5Cl.C6H6/c2*7-6-4-2-1-3-5-6;1-2-4-6-5-3-1/h2*1-5H;1-6H. The molecule has 0 aliphatic rings. The van der Waals surface area contributed by atoms with Crippen LogP contribution in [0.4, 0.5) is 0 Å². The minimum atomic E-state index is 0.794. The summed E-state index contributed by atoms with van der Waals surface area (Å²) in [6, 6.07) is 31.4. The molecule has 3 aromatic carbocycles. The van der Waals surface area contributed by atoms with Gasteiger partial charge in [0.05, 0.1) is 0 Å². The highest BCUT2D eigenvalue weighted by Crippen LogP contribution is 2.05.